The first kappa shape index (κ1) is 31.3. The predicted molar refractivity (Wildman–Crippen MR) is 175 cm³/mol. The van der Waals surface area contributed by atoms with Crippen molar-refractivity contribution in [1.82, 2.24) is 9.80 Å². The minimum absolute atomic E-state index is 0.165. The van der Waals surface area contributed by atoms with E-state index in [1.165, 1.54) is 11.1 Å². The maximum Gasteiger partial charge on any atom is 0.335 e. The summed E-state index contributed by atoms with van der Waals surface area (Å²) in [5, 5.41) is 9.35. The Balaban J connectivity index is 1.21. The van der Waals surface area contributed by atoms with Gasteiger partial charge < -0.3 is 19.6 Å². The SMILES string of the molecule is CC1(C)C(c2ccc(C(=O)O)cc2)=CC[C@]2(C)CN(C(=O)C3(c4ccccc4)CCN(C(=O)CC4CCOCC4)CC3)CC=C12. The molecule has 7 heteroatoms. The minimum Gasteiger partial charge on any atom is -0.478 e. The van der Waals surface area contributed by atoms with Gasteiger partial charge in [0.15, 0.2) is 0 Å². The van der Waals surface area contributed by atoms with Crippen LogP contribution in [-0.2, 0) is 19.7 Å². The van der Waals surface area contributed by atoms with Gasteiger partial charge in [0.2, 0.25) is 11.8 Å². The van der Waals surface area contributed by atoms with Crippen LogP contribution in [0.15, 0.2) is 72.3 Å². The highest BCUT2D eigenvalue weighted by Crippen LogP contribution is 2.55. The highest BCUT2D eigenvalue weighted by Gasteiger charge is 2.51. The number of rotatable bonds is 6. The van der Waals surface area contributed by atoms with Crippen molar-refractivity contribution in [3.05, 3.63) is 89.0 Å². The lowest BCUT2D eigenvalue weighted by Crippen LogP contribution is -2.57. The maximum atomic E-state index is 14.7. The second kappa shape index (κ2) is 12.2. The van der Waals surface area contributed by atoms with Crippen molar-refractivity contribution in [3.63, 3.8) is 0 Å². The summed E-state index contributed by atoms with van der Waals surface area (Å²) in [6.45, 7) is 10.6. The van der Waals surface area contributed by atoms with Crippen LogP contribution in [-0.4, -0.2) is 72.1 Å². The minimum atomic E-state index is -0.925. The van der Waals surface area contributed by atoms with Crippen molar-refractivity contribution in [2.45, 2.75) is 64.7 Å². The fourth-order valence-electron chi connectivity index (χ4n) is 8.51. The van der Waals surface area contributed by atoms with Gasteiger partial charge in [0.1, 0.15) is 0 Å². The number of carboxylic acids is 1. The van der Waals surface area contributed by atoms with E-state index in [9.17, 15) is 19.5 Å². The van der Waals surface area contributed by atoms with Crippen LogP contribution in [0.1, 0.15) is 80.8 Å². The molecule has 2 fully saturated rings. The van der Waals surface area contributed by atoms with Gasteiger partial charge in [-0.25, -0.2) is 4.79 Å². The van der Waals surface area contributed by atoms with Gasteiger partial charge in [-0.3, -0.25) is 9.59 Å². The van der Waals surface area contributed by atoms with Crippen molar-refractivity contribution < 1.29 is 24.2 Å². The molecule has 4 aliphatic rings. The van der Waals surface area contributed by atoms with E-state index in [0.717, 1.165) is 43.6 Å². The lowest BCUT2D eigenvalue weighted by Gasteiger charge is -2.52. The summed E-state index contributed by atoms with van der Waals surface area (Å²) in [4.78, 5) is 43.5. The number of nitrogens with zero attached hydrogens (tertiary/aromatic N) is 2. The quantitative estimate of drug-likeness (QED) is 0.385. The van der Waals surface area contributed by atoms with Crippen molar-refractivity contribution in [1.29, 1.82) is 0 Å². The summed E-state index contributed by atoms with van der Waals surface area (Å²) in [6, 6.07) is 17.3. The van der Waals surface area contributed by atoms with Crippen LogP contribution in [0.25, 0.3) is 5.57 Å². The van der Waals surface area contributed by atoms with Gasteiger partial charge in [-0.1, -0.05) is 81.0 Å². The van der Waals surface area contributed by atoms with Crippen LogP contribution in [0.5, 0.6) is 0 Å². The average Bonchev–Trinajstić information content (AvgIpc) is 3.05. The van der Waals surface area contributed by atoms with E-state index in [2.05, 4.69) is 50.0 Å². The number of hydrogen-bond acceptors (Lipinski definition) is 4. The number of allylic oxidation sites excluding steroid dienone is 2. The highest BCUT2D eigenvalue weighted by molar-refractivity contribution is 5.90. The largest absolute Gasteiger partial charge is 0.478 e. The van der Waals surface area contributed by atoms with Crippen LogP contribution in [0.2, 0.25) is 0 Å². The van der Waals surface area contributed by atoms with E-state index in [1.807, 2.05) is 35.2 Å². The average molecular weight is 611 g/mol. The van der Waals surface area contributed by atoms with Crippen molar-refractivity contribution in [2.75, 3.05) is 39.4 Å². The lowest BCUT2D eigenvalue weighted by atomic mass is 9.58. The van der Waals surface area contributed by atoms with Gasteiger partial charge in [0, 0.05) is 56.6 Å². The molecular weight excluding hydrogens is 564 g/mol. The van der Waals surface area contributed by atoms with E-state index >= 15 is 0 Å². The molecule has 2 saturated heterocycles. The molecule has 0 bridgehead atoms. The molecule has 0 radical (unpaired) electrons. The van der Waals surface area contributed by atoms with Gasteiger partial charge in [-0.05, 0) is 66.9 Å². The maximum absolute atomic E-state index is 14.7. The Morgan fingerprint density at radius 1 is 0.889 bits per heavy atom. The molecule has 3 aliphatic heterocycles. The molecule has 3 heterocycles. The molecule has 0 aromatic heterocycles. The summed E-state index contributed by atoms with van der Waals surface area (Å²) in [7, 11) is 0. The molecule has 6 rings (SSSR count). The highest BCUT2D eigenvalue weighted by atomic mass is 16.5. The van der Waals surface area contributed by atoms with E-state index in [-0.39, 0.29) is 28.2 Å². The number of likely N-dealkylation sites (tertiary alicyclic amines) is 1. The van der Waals surface area contributed by atoms with Gasteiger partial charge in [0.25, 0.3) is 0 Å². The van der Waals surface area contributed by atoms with Crippen LogP contribution in [0.4, 0.5) is 0 Å². The number of benzene rings is 2. The second-order valence-electron chi connectivity index (χ2n) is 14.3. The van der Waals surface area contributed by atoms with Crippen LogP contribution in [0.3, 0.4) is 0 Å². The Kier molecular flexibility index (Phi) is 8.51. The molecule has 1 aliphatic carbocycles. The number of fused-ring (bicyclic) bond motifs is 1. The van der Waals surface area contributed by atoms with Gasteiger partial charge >= 0.3 is 5.97 Å². The third-order valence-corrected chi connectivity index (χ3v) is 11.0. The van der Waals surface area contributed by atoms with Gasteiger partial charge in [-0.2, -0.15) is 0 Å². The first-order valence-electron chi connectivity index (χ1n) is 16.5. The third-order valence-electron chi connectivity index (χ3n) is 11.0. The first-order chi connectivity index (χ1) is 21.5. The summed E-state index contributed by atoms with van der Waals surface area (Å²) >= 11 is 0. The van der Waals surface area contributed by atoms with Gasteiger partial charge in [0.05, 0.1) is 11.0 Å². The molecule has 7 nitrogen and oxygen atoms in total. The molecular formula is C38H46N2O5. The van der Waals surface area contributed by atoms with E-state index < -0.39 is 11.4 Å². The molecule has 45 heavy (non-hydrogen) atoms. The van der Waals surface area contributed by atoms with E-state index in [1.54, 1.807) is 12.1 Å². The Morgan fingerprint density at radius 3 is 2.20 bits per heavy atom. The van der Waals surface area contributed by atoms with Crippen LogP contribution >= 0.6 is 0 Å². The Hall–Kier alpha value is -3.71. The normalized spacial score (nSPS) is 24.7. The zero-order chi connectivity index (χ0) is 31.8. The van der Waals surface area contributed by atoms with Crippen LogP contribution < -0.4 is 0 Å². The summed E-state index contributed by atoms with van der Waals surface area (Å²) < 4.78 is 5.48. The molecule has 0 saturated carbocycles. The number of carboxylic acid groups (broad SMARTS) is 1. The molecule has 238 valence electrons. The Labute approximate surface area is 266 Å². The number of amides is 2. The zero-order valence-electron chi connectivity index (χ0n) is 26.9. The number of piperidine rings is 1. The number of hydrogen-bond donors (Lipinski definition) is 1. The molecule has 2 aromatic carbocycles. The summed E-state index contributed by atoms with van der Waals surface area (Å²) in [5.41, 5.74) is 3.76. The molecule has 0 unspecified atom stereocenters. The molecule has 2 amide bonds. The van der Waals surface area contributed by atoms with E-state index in [0.29, 0.717) is 51.4 Å². The summed E-state index contributed by atoms with van der Waals surface area (Å²) in [5.74, 6) is -0.161. The fraction of sp³-hybridized carbons (Fsp3) is 0.500. The lowest BCUT2D eigenvalue weighted by molar-refractivity contribution is -0.144. The molecule has 1 atom stereocenters. The topological polar surface area (TPSA) is 87.2 Å². The van der Waals surface area contributed by atoms with Crippen molar-refractivity contribution in [2.24, 2.45) is 16.7 Å². The second-order valence-corrected chi connectivity index (χ2v) is 14.3. The summed E-state index contributed by atoms with van der Waals surface area (Å²) in [6.07, 6.45) is 9.07. The zero-order valence-corrected chi connectivity index (χ0v) is 26.9. The third kappa shape index (κ3) is 5.87. The molecule has 1 N–H and O–H groups in total. The smallest absolute Gasteiger partial charge is 0.335 e. The standard InChI is InChI=1S/C38H46N2O5/c1-36(2)31(28-9-11-29(12-10-28)34(42)43)13-17-37(3)26-40(20-14-32(36)37)35(44)38(30-7-5-4-6-8-30)18-21-39(22-19-38)33(41)25-27-15-23-45-24-16-27/h4-14,27H,15-26H2,1-3H3,(H,42,43)/t37-/m1/s1. The Bertz CT molecular complexity index is 1490. The number of carbonyl (C=O) groups excluding carboxylic acids is 2. The van der Waals surface area contributed by atoms with Crippen molar-refractivity contribution >= 4 is 23.4 Å². The number of carbonyl (C=O) groups is 3. The van der Waals surface area contributed by atoms with Gasteiger partial charge in [-0.15, -0.1) is 0 Å². The molecule has 2 aromatic rings. The first-order valence-corrected chi connectivity index (χ1v) is 16.5. The van der Waals surface area contributed by atoms with Crippen molar-refractivity contribution in [3.8, 4) is 0 Å². The molecule has 0 spiro atoms. The number of aromatic carboxylic acids is 1. The predicted octanol–water partition coefficient (Wildman–Crippen LogP) is 6.35. The van der Waals surface area contributed by atoms with E-state index in [4.69, 9.17) is 4.74 Å². The Morgan fingerprint density at radius 2 is 1.56 bits per heavy atom. The monoisotopic (exact) mass is 610 g/mol. The number of ether oxygens (including phenoxy) is 1. The van der Waals surface area contributed by atoms with Crippen LogP contribution in [0, 0.1) is 16.7 Å². The fourth-order valence-corrected chi connectivity index (χ4v) is 8.51.